The lowest BCUT2D eigenvalue weighted by Gasteiger charge is -2.39. The zero-order valence-electron chi connectivity index (χ0n) is 15.8. The number of fused-ring (bicyclic) bond motifs is 2. The lowest BCUT2D eigenvalue weighted by molar-refractivity contribution is 0.171. The van der Waals surface area contributed by atoms with E-state index < -0.39 is 0 Å². The molecule has 2 aromatic carbocycles. The minimum atomic E-state index is 0.552. The van der Waals surface area contributed by atoms with E-state index in [1.165, 1.54) is 31.4 Å². The second-order valence-corrected chi connectivity index (χ2v) is 7.91. The summed E-state index contributed by atoms with van der Waals surface area (Å²) < 4.78 is 11.5. The first-order chi connectivity index (χ1) is 13.4. The SMILES string of the molecule is c1ccc2c(c1)CC2CCCC1CNCCN1c1ccc2c(c1)OCCO2. The largest absolute Gasteiger partial charge is 0.486 e. The molecule has 2 aliphatic heterocycles. The van der Waals surface area contributed by atoms with Gasteiger partial charge < -0.3 is 19.7 Å². The average Bonchev–Trinajstić information content (AvgIpc) is 2.71. The Morgan fingerprint density at radius 1 is 1.00 bits per heavy atom. The molecule has 0 aromatic heterocycles. The van der Waals surface area contributed by atoms with Crippen molar-refractivity contribution >= 4 is 5.69 Å². The number of rotatable bonds is 5. The number of ether oxygens (including phenoxy) is 2. The van der Waals surface area contributed by atoms with Gasteiger partial charge in [0, 0.05) is 37.4 Å². The van der Waals surface area contributed by atoms with Gasteiger partial charge in [-0.1, -0.05) is 30.7 Å². The summed E-state index contributed by atoms with van der Waals surface area (Å²) in [5.74, 6) is 2.54. The van der Waals surface area contributed by atoms with E-state index in [-0.39, 0.29) is 0 Å². The van der Waals surface area contributed by atoms with Crippen LogP contribution >= 0.6 is 0 Å². The smallest absolute Gasteiger partial charge is 0.163 e. The zero-order chi connectivity index (χ0) is 18.1. The van der Waals surface area contributed by atoms with Crippen LogP contribution in [0.5, 0.6) is 11.5 Å². The number of piperazine rings is 1. The van der Waals surface area contributed by atoms with Gasteiger partial charge in [-0.15, -0.1) is 0 Å². The predicted octanol–water partition coefficient (Wildman–Crippen LogP) is 3.75. The van der Waals surface area contributed by atoms with Gasteiger partial charge in [-0.25, -0.2) is 0 Å². The van der Waals surface area contributed by atoms with E-state index in [9.17, 15) is 0 Å². The molecule has 2 aromatic rings. The molecule has 4 nitrogen and oxygen atoms in total. The molecule has 142 valence electrons. The Morgan fingerprint density at radius 2 is 1.89 bits per heavy atom. The van der Waals surface area contributed by atoms with Crippen LogP contribution in [-0.4, -0.2) is 38.9 Å². The molecule has 3 aliphatic rings. The molecule has 0 bridgehead atoms. The van der Waals surface area contributed by atoms with E-state index in [2.05, 4.69) is 52.7 Å². The molecule has 0 amide bonds. The van der Waals surface area contributed by atoms with Crippen molar-refractivity contribution in [3.8, 4) is 11.5 Å². The van der Waals surface area contributed by atoms with Crippen LogP contribution in [0.4, 0.5) is 5.69 Å². The van der Waals surface area contributed by atoms with Crippen LogP contribution in [-0.2, 0) is 6.42 Å². The summed E-state index contributed by atoms with van der Waals surface area (Å²) in [6.45, 7) is 4.45. The van der Waals surface area contributed by atoms with Crippen LogP contribution in [0.1, 0.15) is 36.3 Å². The monoisotopic (exact) mass is 364 g/mol. The minimum Gasteiger partial charge on any atom is -0.486 e. The standard InChI is InChI=1S/C23H28N2O2/c1-2-7-21-17(4-1)14-18(21)5-3-6-20-16-24-10-11-25(20)19-8-9-22-23(15-19)27-13-12-26-22/h1-2,4,7-9,15,18,20,24H,3,5-6,10-14,16H2. The van der Waals surface area contributed by atoms with Crippen LogP contribution in [0.15, 0.2) is 42.5 Å². The summed E-state index contributed by atoms with van der Waals surface area (Å²) in [5.41, 5.74) is 4.41. The second kappa shape index (κ2) is 7.43. The molecule has 1 fully saturated rings. The minimum absolute atomic E-state index is 0.552. The number of hydrogen-bond acceptors (Lipinski definition) is 4. The molecule has 2 heterocycles. The van der Waals surface area contributed by atoms with Crippen molar-refractivity contribution in [2.75, 3.05) is 37.7 Å². The van der Waals surface area contributed by atoms with Gasteiger partial charge in [-0.2, -0.15) is 0 Å². The van der Waals surface area contributed by atoms with Gasteiger partial charge >= 0.3 is 0 Å². The highest BCUT2D eigenvalue weighted by Crippen LogP contribution is 2.39. The molecule has 0 spiro atoms. The third-order valence-corrected chi connectivity index (χ3v) is 6.26. The van der Waals surface area contributed by atoms with Crippen molar-refractivity contribution in [1.82, 2.24) is 5.32 Å². The summed E-state index contributed by atoms with van der Waals surface area (Å²) in [5, 5.41) is 3.58. The average molecular weight is 364 g/mol. The quantitative estimate of drug-likeness (QED) is 0.876. The number of nitrogens with zero attached hydrogens (tertiary/aromatic N) is 1. The van der Waals surface area contributed by atoms with Crippen LogP contribution in [0.2, 0.25) is 0 Å². The predicted molar refractivity (Wildman–Crippen MR) is 108 cm³/mol. The number of benzene rings is 2. The molecular formula is C23H28N2O2. The van der Waals surface area contributed by atoms with Crippen molar-refractivity contribution in [3.63, 3.8) is 0 Å². The number of hydrogen-bond donors (Lipinski definition) is 1. The van der Waals surface area contributed by atoms with E-state index in [1.54, 1.807) is 11.1 Å². The zero-order valence-corrected chi connectivity index (χ0v) is 15.8. The van der Waals surface area contributed by atoms with Crippen LogP contribution < -0.4 is 19.7 Å². The van der Waals surface area contributed by atoms with Crippen LogP contribution in [0.25, 0.3) is 0 Å². The van der Waals surface area contributed by atoms with E-state index in [0.717, 1.165) is 37.1 Å². The lowest BCUT2D eigenvalue weighted by Crippen LogP contribution is -2.51. The molecule has 27 heavy (non-hydrogen) atoms. The Morgan fingerprint density at radius 3 is 2.81 bits per heavy atom. The molecule has 4 heteroatoms. The fourth-order valence-electron chi connectivity index (χ4n) is 4.79. The Hall–Kier alpha value is -2.20. The van der Waals surface area contributed by atoms with Gasteiger partial charge in [0.1, 0.15) is 13.2 Å². The first-order valence-corrected chi connectivity index (χ1v) is 10.3. The molecule has 1 N–H and O–H groups in total. The lowest BCUT2D eigenvalue weighted by atomic mass is 9.75. The third-order valence-electron chi connectivity index (χ3n) is 6.26. The van der Waals surface area contributed by atoms with Gasteiger partial charge in [0.15, 0.2) is 11.5 Å². The van der Waals surface area contributed by atoms with Crippen LogP contribution in [0.3, 0.4) is 0 Å². The van der Waals surface area contributed by atoms with Crippen molar-refractivity contribution < 1.29 is 9.47 Å². The maximum atomic E-state index is 5.79. The maximum absolute atomic E-state index is 5.79. The summed E-state index contributed by atoms with van der Waals surface area (Å²) in [6.07, 6.45) is 5.10. The van der Waals surface area contributed by atoms with Crippen molar-refractivity contribution in [2.45, 2.75) is 37.6 Å². The molecule has 1 saturated heterocycles. The van der Waals surface area contributed by atoms with Gasteiger partial charge in [0.25, 0.3) is 0 Å². The van der Waals surface area contributed by atoms with Gasteiger partial charge in [-0.05, 0) is 48.4 Å². The summed E-state index contributed by atoms with van der Waals surface area (Å²) in [4.78, 5) is 2.56. The van der Waals surface area contributed by atoms with Gasteiger partial charge in [-0.3, -0.25) is 0 Å². The molecular weight excluding hydrogens is 336 g/mol. The molecule has 0 radical (unpaired) electrons. The topological polar surface area (TPSA) is 33.7 Å². The van der Waals surface area contributed by atoms with Crippen molar-refractivity contribution in [2.24, 2.45) is 0 Å². The fourth-order valence-corrected chi connectivity index (χ4v) is 4.79. The molecule has 0 saturated carbocycles. The second-order valence-electron chi connectivity index (χ2n) is 7.91. The Labute approximate surface area is 161 Å². The Bertz CT molecular complexity index is 807. The van der Waals surface area contributed by atoms with E-state index >= 15 is 0 Å². The third kappa shape index (κ3) is 3.39. The molecule has 2 atom stereocenters. The highest BCUT2D eigenvalue weighted by molar-refractivity contribution is 5.57. The summed E-state index contributed by atoms with van der Waals surface area (Å²) >= 11 is 0. The van der Waals surface area contributed by atoms with Gasteiger partial charge in [0.05, 0.1) is 0 Å². The normalized spacial score (nSPS) is 23.5. The highest BCUT2D eigenvalue weighted by Gasteiger charge is 2.27. The maximum Gasteiger partial charge on any atom is 0.163 e. The van der Waals surface area contributed by atoms with E-state index in [1.807, 2.05) is 0 Å². The molecule has 5 rings (SSSR count). The molecule has 1 aliphatic carbocycles. The number of nitrogens with one attached hydrogen (secondary N) is 1. The van der Waals surface area contributed by atoms with E-state index in [4.69, 9.17) is 9.47 Å². The first-order valence-electron chi connectivity index (χ1n) is 10.3. The Balaban J connectivity index is 1.22. The van der Waals surface area contributed by atoms with Gasteiger partial charge in [0.2, 0.25) is 0 Å². The Kier molecular flexibility index (Phi) is 4.66. The molecule has 2 unspecified atom stereocenters. The van der Waals surface area contributed by atoms with Crippen molar-refractivity contribution in [3.05, 3.63) is 53.6 Å². The number of anilines is 1. The van der Waals surface area contributed by atoms with Crippen molar-refractivity contribution in [1.29, 1.82) is 0 Å². The van der Waals surface area contributed by atoms with E-state index in [0.29, 0.717) is 19.3 Å². The summed E-state index contributed by atoms with van der Waals surface area (Å²) in [7, 11) is 0. The van der Waals surface area contributed by atoms with Crippen LogP contribution in [0, 0.1) is 0 Å². The summed E-state index contributed by atoms with van der Waals surface area (Å²) in [6, 6.07) is 15.9. The fraction of sp³-hybridized carbons (Fsp3) is 0.478. The first kappa shape index (κ1) is 16.9. The highest BCUT2D eigenvalue weighted by atomic mass is 16.6.